The fraction of sp³-hybridized carbons (Fsp3) is 0. The zero-order valence-corrected chi connectivity index (χ0v) is 9.30. The number of nitrogens with one attached hydrogen (secondary N) is 1. The van der Waals surface area contributed by atoms with E-state index in [9.17, 15) is 0 Å². The van der Waals surface area contributed by atoms with Gasteiger partial charge in [-0.05, 0) is 40.5 Å². The Hall–Kier alpha value is -2.35. The van der Waals surface area contributed by atoms with Crippen LogP contribution in [0.25, 0.3) is 22.3 Å². The number of aromatic amines is 1. The molecule has 0 aliphatic rings. The number of hydrogen-bond acceptors (Lipinski definition) is 1. The molecule has 1 N–H and O–H groups in total. The van der Waals surface area contributed by atoms with Gasteiger partial charge < -0.3 is 4.98 Å². The second kappa shape index (κ2) is 4.26. The van der Waals surface area contributed by atoms with Gasteiger partial charge in [0.1, 0.15) is 0 Å². The normalized spacial score (nSPS) is 10.4. The highest BCUT2D eigenvalue weighted by molar-refractivity contribution is 5.82. The third kappa shape index (κ3) is 1.85. The van der Waals surface area contributed by atoms with E-state index < -0.39 is 0 Å². The first-order valence-corrected chi connectivity index (χ1v) is 5.58. The van der Waals surface area contributed by atoms with E-state index in [1.54, 1.807) is 0 Å². The Balaban J connectivity index is 2.18. The number of H-pyrrole nitrogens is 1. The van der Waals surface area contributed by atoms with Gasteiger partial charge in [0.2, 0.25) is 0 Å². The highest BCUT2D eigenvalue weighted by Crippen LogP contribution is 2.31. The van der Waals surface area contributed by atoms with E-state index >= 15 is 0 Å². The fourth-order valence-corrected chi connectivity index (χ4v) is 2.01. The second-order valence-corrected chi connectivity index (χ2v) is 3.88. The maximum Gasteiger partial charge on any atom is 0.0273 e. The van der Waals surface area contributed by atoms with E-state index in [-0.39, 0.29) is 0 Å². The molecule has 17 heavy (non-hydrogen) atoms. The molecule has 0 spiro atoms. The monoisotopic (exact) mass is 220 g/mol. The minimum Gasteiger partial charge on any atom is -0.367 e. The highest BCUT2D eigenvalue weighted by Gasteiger charge is 2.06. The van der Waals surface area contributed by atoms with Crippen LogP contribution in [0.4, 0.5) is 0 Å². The molecule has 0 aliphatic carbocycles. The summed E-state index contributed by atoms with van der Waals surface area (Å²) in [6.45, 7) is 0. The molecule has 0 saturated heterocycles. The average Bonchev–Trinajstić information content (AvgIpc) is 2.94. The Bertz CT molecular complexity index is 598. The van der Waals surface area contributed by atoms with Gasteiger partial charge in [-0.15, -0.1) is 0 Å². The van der Waals surface area contributed by atoms with Gasteiger partial charge in [-0.25, -0.2) is 0 Å². The van der Waals surface area contributed by atoms with Gasteiger partial charge in [0.25, 0.3) is 0 Å². The zero-order chi connectivity index (χ0) is 11.5. The number of rotatable bonds is 2. The molecule has 2 nitrogen and oxygen atoms in total. The lowest BCUT2D eigenvalue weighted by molar-refractivity contribution is 1.33. The molecule has 0 bridgehead atoms. The van der Waals surface area contributed by atoms with Crippen LogP contribution in [0.3, 0.4) is 0 Å². The van der Waals surface area contributed by atoms with E-state index in [0.29, 0.717) is 0 Å². The summed E-state index contributed by atoms with van der Waals surface area (Å²) in [5.74, 6) is 0. The molecule has 0 unspecified atom stereocenters. The summed E-state index contributed by atoms with van der Waals surface area (Å²) in [5.41, 5.74) is 4.86. The predicted octanol–water partition coefficient (Wildman–Crippen LogP) is 3.74. The first kappa shape index (κ1) is 9.85. The first-order valence-electron chi connectivity index (χ1n) is 5.58. The highest BCUT2D eigenvalue weighted by atomic mass is 14.6. The minimum absolute atomic E-state index is 1.19. The van der Waals surface area contributed by atoms with Crippen molar-refractivity contribution in [1.82, 2.24) is 9.97 Å². The SMILES string of the molecule is c1ccc(-c2cc[nH]c2)c(-c2ccncc2)c1. The first-order chi connectivity index (χ1) is 8.45. The lowest BCUT2D eigenvalue weighted by Crippen LogP contribution is -1.83. The van der Waals surface area contributed by atoms with Gasteiger partial charge in [-0.2, -0.15) is 0 Å². The van der Waals surface area contributed by atoms with Gasteiger partial charge in [0.05, 0.1) is 0 Å². The maximum atomic E-state index is 4.06. The van der Waals surface area contributed by atoms with Crippen LogP contribution < -0.4 is 0 Å². The quantitative estimate of drug-likeness (QED) is 0.700. The number of pyridine rings is 1. The van der Waals surface area contributed by atoms with Crippen LogP contribution in [0.1, 0.15) is 0 Å². The van der Waals surface area contributed by atoms with Gasteiger partial charge in [-0.3, -0.25) is 4.98 Å². The Labute approximate surface area is 100.0 Å². The number of nitrogens with zero attached hydrogens (tertiary/aromatic N) is 1. The van der Waals surface area contributed by atoms with Crippen molar-refractivity contribution in [3.63, 3.8) is 0 Å². The molecule has 0 radical (unpaired) electrons. The molecule has 0 amide bonds. The molecule has 0 aliphatic heterocycles. The van der Waals surface area contributed by atoms with E-state index in [1.807, 2.05) is 36.9 Å². The van der Waals surface area contributed by atoms with Crippen LogP contribution in [-0.4, -0.2) is 9.97 Å². The number of benzene rings is 1. The lowest BCUT2D eigenvalue weighted by Gasteiger charge is -2.07. The molecule has 3 aromatic rings. The summed E-state index contributed by atoms with van der Waals surface area (Å²) in [7, 11) is 0. The van der Waals surface area contributed by atoms with Crippen molar-refractivity contribution in [2.75, 3.05) is 0 Å². The molecule has 2 heterocycles. The fourth-order valence-electron chi connectivity index (χ4n) is 2.01. The summed E-state index contributed by atoms with van der Waals surface area (Å²) in [5, 5.41) is 0. The van der Waals surface area contributed by atoms with Crippen molar-refractivity contribution in [3.05, 3.63) is 67.3 Å². The zero-order valence-electron chi connectivity index (χ0n) is 9.30. The predicted molar refractivity (Wildman–Crippen MR) is 69.5 cm³/mol. The molecular weight excluding hydrogens is 208 g/mol. The van der Waals surface area contributed by atoms with Crippen LogP contribution >= 0.6 is 0 Å². The van der Waals surface area contributed by atoms with Gasteiger partial charge in [-0.1, -0.05) is 24.3 Å². The van der Waals surface area contributed by atoms with E-state index in [0.717, 1.165) is 0 Å². The smallest absolute Gasteiger partial charge is 0.0273 e. The molecule has 3 rings (SSSR count). The molecule has 0 saturated carbocycles. The summed E-state index contributed by atoms with van der Waals surface area (Å²) in [4.78, 5) is 7.15. The Kier molecular flexibility index (Phi) is 2.47. The molecular formula is C15H12N2. The minimum atomic E-state index is 1.19. The van der Waals surface area contributed by atoms with Crippen molar-refractivity contribution in [2.24, 2.45) is 0 Å². The molecule has 0 fully saturated rings. The standard InChI is InChI=1S/C15H12N2/c1-2-4-15(13-7-10-17-11-13)14(3-1)12-5-8-16-9-6-12/h1-11,17H. The molecule has 1 aromatic carbocycles. The van der Waals surface area contributed by atoms with Crippen molar-refractivity contribution >= 4 is 0 Å². The molecule has 0 atom stereocenters. The van der Waals surface area contributed by atoms with Gasteiger partial charge >= 0.3 is 0 Å². The van der Waals surface area contributed by atoms with Crippen molar-refractivity contribution < 1.29 is 0 Å². The topological polar surface area (TPSA) is 28.7 Å². The Morgan fingerprint density at radius 3 is 2.12 bits per heavy atom. The molecule has 82 valence electrons. The maximum absolute atomic E-state index is 4.06. The van der Waals surface area contributed by atoms with Crippen LogP contribution in [0.15, 0.2) is 67.3 Å². The summed E-state index contributed by atoms with van der Waals surface area (Å²) in [6.07, 6.45) is 7.60. The second-order valence-electron chi connectivity index (χ2n) is 3.88. The van der Waals surface area contributed by atoms with Gasteiger partial charge in [0.15, 0.2) is 0 Å². The molecule has 2 aromatic heterocycles. The molecule has 2 heteroatoms. The Morgan fingerprint density at radius 2 is 1.47 bits per heavy atom. The van der Waals surface area contributed by atoms with Crippen LogP contribution in [0.5, 0.6) is 0 Å². The van der Waals surface area contributed by atoms with Crippen LogP contribution in [0.2, 0.25) is 0 Å². The third-order valence-corrected chi connectivity index (χ3v) is 2.83. The number of aromatic nitrogens is 2. The summed E-state index contributed by atoms with van der Waals surface area (Å²) in [6, 6.07) is 14.5. The third-order valence-electron chi connectivity index (χ3n) is 2.83. The average molecular weight is 220 g/mol. The van der Waals surface area contributed by atoms with Crippen molar-refractivity contribution in [3.8, 4) is 22.3 Å². The summed E-state index contributed by atoms with van der Waals surface area (Å²) < 4.78 is 0. The van der Waals surface area contributed by atoms with Crippen molar-refractivity contribution in [2.45, 2.75) is 0 Å². The van der Waals surface area contributed by atoms with Gasteiger partial charge in [0, 0.05) is 24.8 Å². The van der Waals surface area contributed by atoms with E-state index in [4.69, 9.17) is 0 Å². The Morgan fingerprint density at radius 1 is 0.765 bits per heavy atom. The van der Waals surface area contributed by atoms with Crippen LogP contribution in [-0.2, 0) is 0 Å². The van der Waals surface area contributed by atoms with Crippen LogP contribution in [0, 0.1) is 0 Å². The lowest BCUT2D eigenvalue weighted by atomic mass is 9.97. The summed E-state index contributed by atoms with van der Waals surface area (Å²) >= 11 is 0. The van der Waals surface area contributed by atoms with E-state index in [2.05, 4.69) is 40.3 Å². The van der Waals surface area contributed by atoms with Crippen molar-refractivity contribution in [1.29, 1.82) is 0 Å². The largest absolute Gasteiger partial charge is 0.367 e. The van der Waals surface area contributed by atoms with E-state index in [1.165, 1.54) is 22.3 Å². The number of hydrogen-bond donors (Lipinski definition) is 1.